The summed E-state index contributed by atoms with van der Waals surface area (Å²) in [7, 11) is -11.2. The lowest BCUT2D eigenvalue weighted by atomic mass is 9.85. The molecule has 0 atom stereocenters. The van der Waals surface area contributed by atoms with Crippen LogP contribution in [0.2, 0.25) is 0 Å². The Hall–Kier alpha value is -12.6. The monoisotopic (exact) mass is 1500 g/mol. The van der Waals surface area contributed by atoms with E-state index in [4.69, 9.17) is 9.47 Å². The predicted octanol–water partition coefficient (Wildman–Crippen LogP) is 24.0. The van der Waals surface area contributed by atoms with Crippen molar-refractivity contribution in [3.8, 4) is 89.4 Å². The van der Waals surface area contributed by atoms with E-state index in [1.54, 1.807) is 24.3 Å². The fourth-order valence-electron chi connectivity index (χ4n) is 15.3. The second-order valence-corrected chi connectivity index (χ2v) is 30.3. The molecule has 0 saturated carbocycles. The van der Waals surface area contributed by atoms with Crippen LogP contribution < -0.4 is 9.47 Å². The molecular weight excluding hydrogens is 1430 g/mol. The third kappa shape index (κ3) is 14.1. The normalized spacial score (nSPS) is 11.6. The van der Waals surface area contributed by atoms with E-state index in [-0.39, 0.29) is 41.0 Å². The number of hydrogen-bond donors (Lipinski definition) is 0. The summed E-state index contributed by atoms with van der Waals surface area (Å²) in [6, 6.07) is 113. The molecule has 0 N–H and O–H groups in total. The second-order valence-electron chi connectivity index (χ2n) is 26.2. The molecule has 0 aromatic heterocycles. The van der Waals surface area contributed by atoms with Gasteiger partial charge in [-0.2, -0.15) is 0 Å². The van der Waals surface area contributed by atoms with E-state index in [0.29, 0.717) is 11.1 Å². The minimum absolute atomic E-state index is 0. The van der Waals surface area contributed by atoms with E-state index < -0.39 is 30.4 Å². The van der Waals surface area contributed by atoms with Gasteiger partial charge in [0.2, 0.25) is 0 Å². The fourth-order valence-corrected chi connectivity index (χ4v) is 17.1. The zero-order valence-corrected chi connectivity index (χ0v) is 60.6. The summed E-state index contributed by atoms with van der Waals surface area (Å²) in [5.74, 6) is 0.0705. The molecule has 0 heterocycles. The standard InChI is InChI=1S/C33H24O4S.C31H22O4S.C30H20O3S.2CH4/c1-37-30-19-17-25(21-31(30)38(34,35)36)24-16-18-28-29(20-24)33(23-12-6-3-7-13-23)27-15-9-8-14-26(27)32(28)22-10-4-2-5-11-22;1-35-28-19-23(16-17-29(28)36(32,33)34)31-26-12-6-4-10-24(26)30(25-11-5-7-13-27(25)31)22-15-14-20-8-2-3-9-21(20)18-22;31-34(32,33)24-11-7-10-22(19-24)29-25-12-3-5-14-27(25)30(28-15-6-4-13-26(28)29)23-17-16-20-8-1-2-9-21(20)18-23;;/h2-21H,1H3,(H,34,35,36);2-19H,1H3,(H,32,33,34);1-19H,(H,31,32,33);2*1H4/p-3. The molecule has 0 spiro atoms. The molecule has 0 unspecified atom stereocenters. The van der Waals surface area contributed by atoms with Gasteiger partial charge in [-0.3, -0.25) is 0 Å². The van der Waals surface area contributed by atoms with Gasteiger partial charge >= 0.3 is 0 Å². The Kier molecular flexibility index (Phi) is 20.6. The lowest BCUT2D eigenvalue weighted by molar-refractivity contribution is 0.395. The zero-order valence-electron chi connectivity index (χ0n) is 58.1. The van der Waals surface area contributed by atoms with Gasteiger partial charge in [0.05, 0.1) is 28.9 Å². The number of hydrogen-bond acceptors (Lipinski definition) is 11. The summed E-state index contributed by atoms with van der Waals surface area (Å²) < 4.78 is 117. The Morgan fingerprint density at radius 3 is 0.900 bits per heavy atom. The minimum atomic E-state index is -4.72. The molecule has 14 heteroatoms. The highest BCUT2D eigenvalue weighted by Crippen LogP contribution is 2.49. The molecule has 18 aromatic rings. The van der Waals surface area contributed by atoms with Gasteiger partial charge in [0.1, 0.15) is 41.9 Å². The molecule has 110 heavy (non-hydrogen) atoms. The fraction of sp³-hybridized carbons (Fsp3) is 0.0417. The summed E-state index contributed by atoms with van der Waals surface area (Å²) in [6.45, 7) is 0. The number of methoxy groups -OCH3 is 2. The molecule has 0 aliphatic carbocycles. The summed E-state index contributed by atoms with van der Waals surface area (Å²) in [4.78, 5) is -0.962. The van der Waals surface area contributed by atoms with Crippen molar-refractivity contribution in [2.45, 2.75) is 29.5 Å². The molecule has 0 radical (unpaired) electrons. The zero-order chi connectivity index (χ0) is 74.4. The van der Waals surface area contributed by atoms with Crippen LogP contribution in [0.1, 0.15) is 14.9 Å². The maximum absolute atomic E-state index is 12.0. The van der Waals surface area contributed by atoms with Crippen molar-refractivity contribution in [2.75, 3.05) is 14.2 Å². The van der Waals surface area contributed by atoms with E-state index in [1.165, 1.54) is 66.1 Å². The number of rotatable bonds is 12. The van der Waals surface area contributed by atoms with Gasteiger partial charge in [-0.25, -0.2) is 25.3 Å². The second kappa shape index (κ2) is 30.6. The van der Waals surface area contributed by atoms with E-state index in [2.05, 4.69) is 164 Å². The molecule has 0 aliphatic rings. The summed E-state index contributed by atoms with van der Waals surface area (Å²) in [5, 5.41) is 17.5. The number of fused-ring (bicyclic) bond motifs is 8. The molecule has 18 rings (SSSR count). The lowest BCUT2D eigenvalue weighted by Crippen LogP contribution is -2.02. The summed E-state index contributed by atoms with van der Waals surface area (Å²) >= 11 is 0. The Morgan fingerprint density at radius 2 is 0.509 bits per heavy atom. The van der Waals surface area contributed by atoms with Crippen molar-refractivity contribution in [3.05, 3.63) is 346 Å². The maximum atomic E-state index is 12.0. The van der Waals surface area contributed by atoms with Crippen molar-refractivity contribution in [1.29, 1.82) is 0 Å². The highest BCUT2D eigenvalue weighted by Gasteiger charge is 2.23. The number of benzene rings is 18. The summed E-state index contributed by atoms with van der Waals surface area (Å²) in [5.41, 5.74) is 13.7. The van der Waals surface area contributed by atoms with Gasteiger partial charge in [-0.1, -0.05) is 306 Å². The van der Waals surface area contributed by atoms with Gasteiger partial charge in [0.25, 0.3) is 0 Å². The average molecular weight is 1500 g/mol. The Bertz CT molecular complexity index is 6870. The smallest absolute Gasteiger partial charge is 0.136 e. The lowest BCUT2D eigenvalue weighted by Gasteiger charge is -2.19. The summed E-state index contributed by atoms with van der Waals surface area (Å²) in [6.07, 6.45) is 0. The molecule has 11 nitrogen and oxygen atoms in total. The van der Waals surface area contributed by atoms with Crippen LogP contribution >= 0.6 is 0 Å². The largest absolute Gasteiger partial charge is 0.744 e. The van der Waals surface area contributed by atoms with Crippen molar-refractivity contribution in [1.82, 2.24) is 0 Å². The van der Waals surface area contributed by atoms with Gasteiger partial charge < -0.3 is 23.1 Å². The predicted molar refractivity (Wildman–Crippen MR) is 448 cm³/mol. The highest BCUT2D eigenvalue weighted by atomic mass is 32.2. The van der Waals surface area contributed by atoms with Gasteiger partial charge in [0.15, 0.2) is 0 Å². The van der Waals surface area contributed by atoms with Crippen molar-refractivity contribution >= 4 is 117 Å². The van der Waals surface area contributed by atoms with Crippen molar-refractivity contribution in [2.24, 2.45) is 0 Å². The van der Waals surface area contributed by atoms with Crippen LogP contribution in [0.25, 0.3) is 164 Å². The van der Waals surface area contributed by atoms with Crippen molar-refractivity contribution < 1.29 is 48.4 Å². The minimum Gasteiger partial charge on any atom is -0.744 e. The molecule has 0 saturated heterocycles. The molecule has 0 bridgehead atoms. The number of ether oxygens (including phenoxy) is 2. The van der Waals surface area contributed by atoms with Crippen LogP contribution in [-0.2, 0) is 30.4 Å². The van der Waals surface area contributed by atoms with Gasteiger partial charge in [-0.15, -0.1) is 0 Å². The van der Waals surface area contributed by atoms with Crippen LogP contribution in [0.4, 0.5) is 0 Å². The molecule has 0 fully saturated rings. The van der Waals surface area contributed by atoms with E-state index in [1.807, 2.05) is 127 Å². The SMILES string of the molecule is C.C.COc1cc(-c2c3ccccc3c(-c3ccc4ccccc4c3)c3ccccc23)ccc1S(=O)(=O)[O-].COc1ccc(-c2ccc3c(-c4ccccc4)c4ccccc4c(-c4ccccc4)c3c2)cc1S(=O)(=O)[O-].O=S(=O)([O-])c1cccc(-c2c3ccccc3c(-c3ccc4ccccc4c3)c3ccccc23)c1. The first-order valence-electron chi connectivity index (χ1n) is 34.7. The first kappa shape index (κ1) is 74.2. The van der Waals surface area contributed by atoms with Crippen LogP contribution in [0, 0.1) is 0 Å². The first-order valence-corrected chi connectivity index (χ1v) is 38.9. The first-order chi connectivity index (χ1) is 52.4. The van der Waals surface area contributed by atoms with E-state index in [9.17, 15) is 38.9 Å². The van der Waals surface area contributed by atoms with Gasteiger partial charge in [-0.05, 0) is 219 Å². The van der Waals surface area contributed by atoms with Gasteiger partial charge in [0, 0.05) is 0 Å². The van der Waals surface area contributed by atoms with Crippen LogP contribution in [-0.4, -0.2) is 53.1 Å². The van der Waals surface area contributed by atoms with Crippen LogP contribution in [0.15, 0.2) is 360 Å². The topological polar surface area (TPSA) is 190 Å². The van der Waals surface area contributed by atoms with E-state index >= 15 is 0 Å². The molecular formula is C96H71O11S3-3. The quantitative estimate of drug-likeness (QED) is 0.0835. The third-order valence-corrected chi connectivity index (χ3v) is 22.6. The average Bonchev–Trinajstić information content (AvgIpc) is 0.742. The molecule has 542 valence electrons. The van der Waals surface area contributed by atoms with Crippen LogP contribution in [0.3, 0.4) is 0 Å². The Balaban J connectivity index is 0.000000136. The Morgan fingerprint density at radius 1 is 0.209 bits per heavy atom. The van der Waals surface area contributed by atoms with Crippen molar-refractivity contribution in [3.63, 3.8) is 0 Å². The molecule has 0 amide bonds. The molecule has 0 aliphatic heterocycles. The van der Waals surface area contributed by atoms with E-state index in [0.717, 1.165) is 131 Å². The Labute approximate surface area is 639 Å². The third-order valence-electron chi connectivity index (χ3n) is 20.0. The molecule has 18 aromatic carbocycles. The van der Waals surface area contributed by atoms with Crippen LogP contribution in [0.5, 0.6) is 11.5 Å². The maximum Gasteiger partial charge on any atom is 0.136 e. The highest BCUT2D eigenvalue weighted by molar-refractivity contribution is 7.86.